The van der Waals surface area contributed by atoms with E-state index in [-0.39, 0.29) is 5.56 Å². The van der Waals surface area contributed by atoms with E-state index >= 15 is 0 Å². The number of benzene rings is 2. The van der Waals surface area contributed by atoms with E-state index in [1.807, 2.05) is 47.2 Å². The van der Waals surface area contributed by atoms with E-state index in [4.69, 9.17) is 0 Å². The number of nitrogens with one attached hydrogen (secondary N) is 1. The Hall–Kier alpha value is -3.40. The molecule has 4 nitrogen and oxygen atoms in total. The number of pyridine rings is 1. The van der Waals surface area contributed by atoms with Crippen molar-refractivity contribution in [2.45, 2.75) is 0 Å². The number of aromatic nitrogens is 3. The van der Waals surface area contributed by atoms with Crippen LogP contribution < -0.4 is 5.56 Å². The molecule has 2 heterocycles. The van der Waals surface area contributed by atoms with Gasteiger partial charge in [0, 0.05) is 35.7 Å². The van der Waals surface area contributed by atoms with Crippen molar-refractivity contribution in [3.63, 3.8) is 0 Å². The number of hydrogen-bond acceptors (Lipinski definition) is 2. The van der Waals surface area contributed by atoms with Crippen LogP contribution in [0.25, 0.3) is 22.7 Å². The molecule has 4 aromatic rings. The van der Waals surface area contributed by atoms with Gasteiger partial charge in [-0.25, -0.2) is 4.98 Å². The molecule has 1 N–H and O–H groups in total. The lowest BCUT2D eigenvalue weighted by molar-refractivity contribution is 1.14. The van der Waals surface area contributed by atoms with Gasteiger partial charge in [-0.1, -0.05) is 36.4 Å². The zero-order valence-electron chi connectivity index (χ0n) is 12.9. The zero-order valence-corrected chi connectivity index (χ0v) is 12.9. The fourth-order valence-electron chi connectivity index (χ4n) is 2.75. The van der Waals surface area contributed by atoms with E-state index in [9.17, 15) is 4.79 Å². The molecule has 116 valence electrons. The molecule has 2 aromatic heterocycles. The van der Waals surface area contributed by atoms with Crippen LogP contribution in [0.3, 0.4) is 0 Å². The van der Waals surface area contributed by atoms with Crippen molar-refractivity contribution in [1.29, 1.82) is 0 Å². The summed E-state index contributed by atoms with van der Waals surface area (Å²) in [7, 11) is 0. The Labute approximate surface area is 138 Å². The van der Waals surface area contributed by atoms with Crippen molar-refractivity contribution >= 4 is 22.7 Å². The van der Waals surface area contributed by atoms with Gasteiger partial charge >= 0.3 is 0 Å². The molecule has 24 heavy (non-hydrogen) atoms. The number of imidazole rings is 1. The van der Waals surface area contributed by atoms with Crippen LogP contribution in [-0.4, -0.2) is 14.5 Å². The molecule has 4 heteroatoms. The highest BCUT2D eigenvalue weighted by atomic mass is 16.1. The molecule has 0 atom stereocenters. The summed E-state index contributed by atoms with van der Waals surface area (Å²) in [6.07, 6.45) is 7.47. The van der Waals surface area contributed by atoms with Crippen molar-refractivity contribution in [2.24, 2.45) is 0 Å². The van der Waals surface area contributed by atoms with Crippen LogP contribution in [0, 0.1) is 0 Å². The monoisotopic (exact) mass is 313 g/mol. The average molecular weight is 313 g/mol. The lowest BCUT2D eigenvalue weighted by Gasteiger charge is -2.10. The zero-order chi connectivity index (χ0) is 16.4. The molecule has 0 aliphatic carbocycles. The minimum atomic E-state index is -0.0903. The largest absolute Gasteiger partial charge is 0.322 e. The van der Waals surface area contributed by atoms with Gasteiger partial charge in [0.2, 0.25) is 5.56 Å². The van der Waals surface area contributed by atoms with Gasteiger partial charge in [0.1, 0.15) is 0 Å². The number of hydrogen-bond donors (Lipinski definition) is 1. The Morgan fingerprint density at radius 1 is 1.00 bits per heavy atom. The van der Waals surface area contributed by atoms with Gasteiger partial charge in [-0.2, -0.15) is 0 Å². The Morgan fingerprint density at radius 2 is 1.88 bits per heavy atom. The Balaban J connectivity index is 1.90. The van der Waals surface area contributed by atoms with E-state index in [1.165, 1.54) is 0 Å². The maximum absolute atomic E-state index is 11.5. The Kier molecular flexibility index (Phi) is 3.56. The lowest BCUT2D eigenvalue weighted by atomic mass is 9.97. The summed E-state index contributed by atoms with van der Waals surface area (Å²) in [4.78, 5) is 18.4. The Morgan fingerprint density at radius 3 is 2.67 bits per heavy atom. The number of rotatable bonds is 3. The van der Waals surface area contributed by atoms with Crippen molar-refractivity contribution < 1.29 is 0 Å². The van der Waals surface area contributed by atoms with Crippen LogP contribution in [-0.2, 0) is 0 Å². The summed E-state index contributed by atoms with van der Waals surface area (Å²) in [5, 5.41) is 1.000. The standard InChI is InChI=1S/C20H15N3O/c24-20-9-7-17-12-16(6-8-19(17)22-20)18(13-23-11-10-21-14-23)15-4-2-1-3-5-15/h1-14H,(H,22,24)/b18-13-. The van der Waals surface area contributed by atoms with Gasteiger partial charge in [-0.05, 0) is 34.7 Å². The lowest BCUT2D eigenvalue weighted by Crippen LogP contribution is -2.02. The Bertz CT molecular complexity index is 1060. The van der Waals surface area contributed by atoms with E-state index in [0.29, 0.717) is 0 Å². The summed E-state index contributed by atoms with van der Waals surface area (Å²) in [5.74, 6) is 0. The number of H-pyrrole nitrogens is 1. The highest BCUT2D eigenvalue weighted by Crippen LogP contribution is 2.26. The number of nitrogens with zero attached hydrogens (tertiary/aromatic N) is 2. The molecule has 2 aromatic carbocycles. The van der Waals surface area contributed by atoms with Crippen molar-refractivity contribution in [2.75, 3.05) is 0 Å². The van der Waals surface area contributed by atoms with Crippen LogP contribution in [0.15, 0.2) is 84.2 Å². The first-order valence-corrected chi connectivity index (χ1v) is 7.68. The van der Waals surface area contributed by atoms with E-state index in [1.54, 1.807) is 18.6 Å². The van der Waals surface area contributed by atoms with E-state index in [0.717, 1.165) is 27.6 Å². The molecule has 0 saturated carbocycles. The molecule has 0 spiro atoms. The van der Waals surface area contributed by atoms with Crippen LogP contribution >= 0.6 is 0 Å². The van der Waals surface area contributed by atoms with E-state index < -0.39 is 0 Å². The van der Waals surface area contributed by atoms with Gasteiger partial charge in [-0.15, -0.1) is 0 Å². The van der Waals surface area contributed by atoms with Crippen molar-refractivity contribution in [1.82, 2.24) is 14.5 Å². The predicted octanol–water partition coefficient (Wildman–Crippen LogP) is 3.77. The molecular weight excluding hydrogens is 298 g/mol. The minimum absolute atomic E-state index is 0.0903. The van der Waals surface area contributed by atoms with Crippen molar-refractivity contribution in [3.05, 3.63) is 101 Å². The SMILES string of the molecule is O=c1ccc2cc(/C(=C\n3ccnc3)c3ccccc3)ccc2[nH]1. The third-order valence-electron chi connectivity index (χ3n) is 3.92. The van der Waals surface area contributed by atoms with Crippen molar-refractivity contribution in [3.8, 4) is 0 Å². The van der Waals surface area contributed by atoms with Crippen LogP contribution in [0.1, 0.15) is 11.1 Å². The summed E-state index contributed by atoms with van der Waals surface area (Å²) in [5.41, 5.74) is 4.03. The highest BCUT2D eigenvalue weighted by molar-refractivity contribution is 5.91. The molecule has 0 aliphatic rings. The minimum Gasteiger partial charge on any atom is -0.322 e. The molecule has 0 saturated heterocycles. The van der Waals surface area contributed by atoms with Gasteiger partial charge in [0.05, 0.1) is 6.33 Å². The smallest absolute Gasteiger partial charge is 0.248 e. The first-order chi connectivity index (χ1) is 11.8. The fourth-order valence-corrected chi connectivity index (χ4v) is 2.75. The normalized spacial score (nSPS) is 11.8. The number of aromatic amines is 1. The second kappa shape index (κ2) is 6.01. The maximum atomic E-state index is 11.5. The van der Waals surface area contributed by atoms with Gasteiger partial charge in [0.15, 0.2) is 0 Å². The molecule has 0 amide bonds. The third kappa shape index (κ3) is 2.77. The van der Waals surface area contributed by atoms with E-state index in [2.05, 4.69) is 34.4 Å². The van der Waals surface area contributed by atoms with Crippen LogP contribution in [0.2, 0.25) is 0 Å². The fraction of sp³-hybridized carbons (Fsp3) is 0. The maximum Gasteiger partial charge on any atom is 0.248 e. The summed E-state index contributed by atoms with van der Waals surface area (Å²) in [6.45, 7) is 0. The number of fused-ring (bicyclic) bond motifs is 1. The third-order valence-corrected chi connectivity index (χ3v) is 3.92. The second-order valence-corrected chi connectivity index (χ2v) is 5.54. The van der Waals surface area contributed by atoms with Gasteiger partial charge < -0.3 is 9.55 Å². The summed E-state index contributed by atoms with van der Waals surface area (Å²) < 4.78 is 1.93. The van der Waals surface area contributed by atoms with Gasteiger partial charge in [0.25, 0.3) is 0 Å². The highest BCUT2D eigenvalue weighted by Gasteiger charge is 2.07. The molecule has 0 unspecified atom stereocenters. The van der Waals surface area contributed by atoms with Crippen LogP contribution in [0.4, 0.5) is 0 Å². The first kappa shape index (κ1) is 14.2. The molecular formula is C20H15N3O. The average Bonchev–Trinajstić information content (AvgIpc) is 3.13. The molecule has 0 radical (unpaired) electrons. The first-order valence-electron chi connectivity index (χ1n) is 7.68. The molecule has 4 rings (SSSR count). The predicted molar refractivity (Wildman–Crippen MR) is 96.5 cm³/mol. The van der Waals surface area contributed by atoms with Crippen LogP contribution in [0.5, 0.6) is 0 Å². The quantitative estimate of drug-likeness (QED) is 0.626. The molecule has 0 bridgehead atoms. The van der Waals surface area contributed by atoms with Gasteiger partial charge in [-0.3, -0.25) is 4.79 Å². The summed E-state index contributed by atoms with van der Waals surface area (Å²) in [6, 6.07) is 19.7. The topological polar surface area (TPSA) is 50.7 Å². The molecule has 0 aliphatic heterocycles. The second-order valence-electron chi connectivity index (χ2n) is 5.54. The summed E-state index contributed by atoms with van der Waals surface area (Å²) >= 11 is 0. The molecule has 0 fully saturated rings.